The molecular formula is C31H32N6O6S2. The third kappa shape index (κ3) is 7.23. The number of ether oxygens (including phenoxy) is 1. The Morgan fingerprint density at radius 1 is 1.16 bits per heavy atom. The minimum atomic E-state index is -0.605. The molecule has 0 saturated carbocycles. The molecule has 4 aromatic rings. The number of carbonyl (C=O) groups is 3. The van der Waals surface area contributed by atoms with Gasteiger partial charge in [0.1, 0.15) is 5.00 Å². The van der Waals surface area contributed by atoms with E-state index in [-0.39, 0.29) is 30.3 Å². The third-order valence-electron chi connectivity index (χ3n) is 7.34. The van der Waals surface area contributed by atoms with E-state index in [9.17, 15) is 24.5 Å². The van der Waals surface area contributed by atoms with E-state index in [1.54, 1.807) is 20.8 Å². The fraction of sp³-hybridized carbons (Fsp3) is 0.323. The van der Waals surface area contributed by atoms with E-state index in [1.165, 1.54) is 41.3 Å². The van der Waals surface area contributed by atoms with Gasteiger partial charge in [-0.25, -0.2) is 4.79 Å². The zero-order valence-corrected chi connectivity index (χ0v) is 26.6. The molecule has 234 valence electrons. The molecule has 1 aliphatic rings. The van der Waals surface area contributed by atoms with Gasteiger partial charge in [0.15, 0.2) is 11.0 Å². The number of amides is 2. The van der Waals surface area contributed by atoms with Gasteiger partial charge in [0.05, 0.1) is 35.4 Å². The highest BCUT2D eigenvalue weighted by molar-refractivity contribution is 8.00. The van der Waals surface area contributed by atoms with Gasteiger partial charge in [-0.1, -0.05) is 48.2 Å². The molecule has 14 heteroatoms. The standard InChI is InChI=1S/C31H32N6O6S2/c1-4-43-30(40)26-22-11-8-12-24(22)45-29(26)33-27(38)19(3)44-31-35-34-25(36(31)17-20-9-6-5-7-10-20)16-32-28(39)21-14-13-18(2)23(15-21)37(41)42/h5-7,9-10,13-15,19H,4,8,11-12,16-17H2,1-3H3,(H,32,39)(H,33,38)/t19-/m1/s1. The molecule has 0 saturated heterocycles. The highest BCUT2D eigenvalue weighted by Gasteiger charge is 2.30. The Hall–Kier alpha value is -4.56. The summed E-state index contributed by atoms with van der Waals surface area (Å²) in [6.07, 6.45) is 2.62. The monoisotopic (exact) mass is 648 g/mol. The van der Waals surface area contributed by atoms with E-state index in [1.807, 2.05) is 34.9 Å². The predicted molar refractivity (Wildman–Crippen MR) is 171 cm³/mol. The lowest BCUT2D eigenvalue weighted by atomic mass is 10.1. The van der Waals surface area contributed by atoms with Crippen molar-refractivity contribution in [3.63, 3.8) is 0 Å². The summed E-state index contributed by atoms with van der Waals surface area (Å²) in [5, 5.41) is 26.1. The van der Waals surface area contributed by atoms with Crippen LogP contribution >= 0.6 is 23.1 Å². The lowest BCUT2D eigenvalue weighted by molar-refractivity contribution is -0.385. The second kappa shape index (κ2) is 14.0. The lowest BCUT2D eigenvalue weighted by Crippen LogP contribution is -2.26. The largest absolute Gasteiger partial charge is 0.462 e. The van der Waals surface area contributed by atoms with Gasteiger partial charge >= 0.3 is 5.97 Å². The Balaban J connectivity index is 1.33. The Kier molecular flexibility index (Phi) is 9.93. The number of benzene rings is 2. The van der Waals surface area contributed by atoms with Crippen LogP contribution in [0, 0.1) is 17.0 Å². The van der Waals surface area contributed by atoms with Crippen LogP contribution in [0.5, 0.6) is 0 Å². The van der Waals surface area contributed by atoms with Crippen LogP contribution in [0.1, 0.15) is 68.4 Å². The number of nitrogens with zero attached hydrogens (tertiary/aromatic N) is 4. The van der Waals surface area contributed by atoms with Gasteiger partial charge in [-0.05, 0) is 57.2 Å². The van der Waals surface area contributed by atoms with Crippen LogP contribution in [0.2, 0.25) is 0 Å². The number of rotatable bonds is 12. The van der Waals surface area contributed by atoms with Gasteiger partial charge in [-0.3, -0.25) is 19.7 Å². The number of aromatic nitrogens is 3. The summed E-state index contributed by atoms with van der Waals surface area (Å²) in [4.78, 5) is 51.0. The average molecular weight is 649 g/mol. The van der Waals surface area contributed by atoms with Crippen molar-refractivity contribution in [2.75, 3.05) is 11.9 Å². The second-order valence-corrected chi connectivity index (χ2v) is 12.9. The van der Waals surface area contributed by atoms with Crippen LogP contribution in [-0.4, -0.2) is 49.3 Å². The van der Waals surface area contributed by atoms with Crippen LogP contribution in [0.25, 0.3) is 0 Å². The van der Waals surface area contributed by atoms with E-state index < -0.39 is 22.0 Å². The molecule has 1 aliphatic carbocycles. The number of thiophene rings is 1. The minimum absolute atomic E-state index is 0.00509. The van der Waals surface area contributed by atoms with Crippen molar-refractivity contribution in [1.82, 2.24) is 20.1 Å². The van der Waals surface area contributed by atoms with Gasteiger partial charge in [0.2, 0.25) is 5.91 Å². The van der Waals surface area contributed by atoms with Gasteiger partial charge < -0.3 is 19.9 Å². The first kappa shape index (κ1) is 31.9. The summed E-state index contributed by atoms with van der Waals surface area (Å²) in [5.74, 6) is -0.768. The molecule has 45 heavy (non-hydrogen) atoms. The van der Waals surface area contributed by atoms with Crippen molar-refractivity contribution in [3.05, 3.63) is 97.2 Å². The Morgan fingerprint density at radius 3 is 2.67 bits per heavy atom. The lowest BCUT2D eigenvalue weighted by Gasteiger charge is -2.15. The molecule has 12 nitrogen and oxygen atoms in total. The number of nitro groups is 1. The number of nitrogens with one attached hydrogen (secondary N) is 2. The molecule has 2 heterocycles. The van der Waals surface area contributed by atoms with Gasteiger partial charge in [-0.15, -0.1) is 21.5 Å². The zero-order chi connectivity index (χ0) is 32.1. The molecule has 2 aromatic carbocycles. The molecule has 2 amide bonds. The zero-order valence-electron chi connectivity index (χ0n) is 25.0. The van der Waals surface area contributed by atoms with E-state index in [0.29, 0.717) is 33.7 Å². The van der Waals surface area contributed by atoms with Crippen LogP contribution in [0.3, 0.4) is 0 Å². The predicted octanol–water partition coefficient (Wildman–Crippen LogP) is 5.32. The summed E-state index contributed by atoms with van der Waals surface area (Å²) in [6.45, 7) is 5.74. The number of hydrogen-bond donors (Lipinski definition) is 2. The van der Waals surface area contributed by atoms with E-state index in [2.05, 4.69) is 20.8 Å². The van der Waals surface area contributed by atoms with Crippen LogP contribution in [0.15, 0.2) is 53.7 Å². The van der Waals surface area contributed by atoms with Gasteiger partial charge in [0, 0.05) is 22.1 Å². The fourth-order valence-electron chi connectivity index (χ4n) is 5.01. The topological polar surface area (TPSA) is 158 Å². The van der Waals surface area contributed by atoms with Crippen molar-refractivity contribution in [2.45, 2.75) is 63.5 Å². The number of fused-ring (bicyclic) bond motifs is 1. The Morgan fingerprint density at radius 2 is 1.93 bits per heavy atom. The normalized spacial score (nSPS) is 12.8. The minimum Gasteiger partial charge on any atom is -0.462 e. The Bertz CT molecular complexity index is 1750. The number of anilines is 1. The SMILES string of the molecule is CCOC(=O)c1c(NC(=O)[C@@H](C)Sc2nnc(CNC(=O)c3ccc(C)c([N+](=O)[O-])c3)n2Cc2ccccc2)sc2c1CCC2. The van der Waals surface area contributed by atoms with Crippen molar-refractivity contribution in [2.24, 2.45) is 0 Å². The maximum absolute atomic E-state index is 13.4. The first-order valence-corrected chi connectivity index (χ1v) is 16.1. The molecule has 0 spiro atoms. The summed E-state index contributed by atoms with van der Waals surface area (Å²) >= 11 is 2.63. The average Bonchev–Trinajstić information content (AvgIpc) is 3.71. The molecule has 0 fully saturated rings. The fourth-order valence-corrected chi connectivity index (χ4v) is 7.15. The van der Waals surface area contributed by atoms with Crippen molar-refractivity contribution in [1.29, 1.82) is 0 Å². The molecule has 5 rings (SSSR count). The number of esters is 1. The van der Waals surface area contributed by atoms with E-state index >= 15 is 0 Å². The molecule has 2 N–H and O–H groups in total. The molecule has 1 atom stereocenters. The van der Waals surface area contributed by atoms with Gasteiger partial charge in [0.25, 0.3) is 11.6 Å². The first-order chi connectivity index (χ1) is 21.7. The first-order valence-electron chi connectivity index (χ1n) is 14.4. The number of aryl methyl sites for hydroxylation is 2. The van der Waals surface area contributed by atoms with Crippen molar-refractivity contribution < 1.29 is 24.0 Å². The number of nitro benzene ring substituents is 1. The van der Waals surface area contributed by atoms with E-state index in [0.717, 1.165) is 35.3 Å². The number of hydrogen-bond acceptors (Lipinski definition) is 10. The van der Waals surface area contributed by atoms with Crippen LogP contribution in [-0.2, 0) is 35.5 Å². The summed E-state index contributed by atoms with van der Waals surface area (Å²) < 4.78 is 7.11. The summed E-state index contributed by atoms with van der Waals surface area (Å²) in [5.41, 5.74) is 2.85. The maximum Gasteiger partial charge on any atom is 0.341 e. The van der Waals surface area contributed by atoms with Gasteiger partial charge in [-0.2, -0.15) is 0 Å². The molecule has 0 radical (unpaired) electrons. The number of carbonyl (C=O) groups excluding carboxylic acids is 3. The molecule has 0 unspecified atom stereocenters. The maximum atomic E-state index is 13.4. The van der Waals surface area contributed by atoms with E-state index in [4.69, 9.17) is 4.74 Å². The highest BCUT2D eigenvalue weighted by Crippen LogP contribution is 2.40. The number of thioether (sulfide) groups is 1. The quantitative estimate of drug-likeness (QED) is 0.0898. The Labute approximate surface area is 267 Å². The summed E-state index contributed by atoms with van der Waals surface area (Å²) in [6, 6.07) is 13.9. The van der Waals surface area contributed by atoms with Crippen LogP contribution in [0.4, 0.5) is 10.7 Å². The van der Waals surface area contributed by atoms with Crippen LogP contribution < -0.4 is 10.6 Å². The van der Waals surface area contributed by atoms with Crippen molar-refractivity contribution in [3.8, 4) is 0 Å². The summed E-state index contributed by atoms with van der Waals surface area (Å²) in [7, 11) is 0. The van der Waals surface area contributed by atoms with Crippen molar-refractivity contribution >= 4 is 51.6 Å². The molecular weight excluding hydrogens is 617 g/mol. The second-order valence-electron chi connectivity index (χ2n) is 10.4. The molecule has 0 bridgehead atoms. The smallest absolute Gasteiger partial charge is 0.341 e. The molecule has 0 aliphatic heterocycles. The molecule has 2 aromatic heterocycles. The highest BCUT2D eigenvalue weighted by atomic mass is 32.2. The third-order valence-corrected chi connectivity index (χ3v) is 9.63.